The molecule has 1 aromatic rings. The quantitative estimate of drug-likeness (QED) is 0.232. The molecule has 16 atom stereocenters. The summed E-state index contributed by atoms with van der Waals surface area (Å²) >= 11 is 0. The zero-order valence-electron chi connectivity index (χ0n) is 29.7. The lowest BCUT2D eigenvalue weighted by Gasteiger charge is -2.63. The molecule has 8 rings (SSSR count). The van der Waals surface area contributed by atoms with E-state index in [-0.39, 0.29) is 11.8 Å². The number of carbonyl (C=O) groups is 2. The van der Waals surface area contributed by atoms with Crippen molar-refractivity contribution < 1.29 is 53.3 Å². The van der Waals surface area contributed by atoms with Crippen LogP contribution in [0.1, 0.15) is 89.9 Å². The fourth-order valence-corrected chi connectivity index (χ4v) is 12.0. The average molecular weight is 697 g/mol. The summed E-state index contributed by atoms with van der Waals surface area (Å²) in [6.45, 7) is 13.0. The Labute approximate surface area is 293 Å². The van der Waals surface area contributed by atoms with E-state index in [9.17, 15) is 24.9 Å². The van der Waals surface area contributed by atoms with Gasteiger partial charge in [0.15, 0.2) is 5.60 Å². The Kier molecular flexibility index (Phi) is 8.02. The number of rotatable bonds is 5. The molecule has 3 unspecified atom stereocenters. The van der Waals surface area contributed by atoms with Crippen molar-refractivity contribution in [3.05, 3.63) is 48.0 Å². The minimum absolute atomic E-state index is 0.00137. The van der Waals surface area contributed by atoms with E-state index < -0.39 is 101 Å². The monoisotopic (exact) mass is 696 g/mol. The van der Waals surface area contributed by atoms with Crippen LogP contribution in [0.15, 0.2) is 42.5 Å². The molecular formula is C39H52O11. The second kappa shape index (κ2) is 11.6. The summed E-state index contributed by atoms with van der Waals surface area (Å²) in [6, 6.07) is 8.59. The number of hydrogen-bond donors (Lipinski definition) is 3. The fraction of sp³-hybridized carbons (Fsp3) is 0.744. The lowest BCUT2D eigenvalue weighted by Crippen LogP contribution is -2.77. The van der Waals surface area contributed by atoms with Crippen molar-refractivity contribution in [2.45, 2.75) is 138 Å². The van der Waals surface area contributed by atoms with Gasteiger partial charge in [-0.15, -0.1) is 0 Å². The molecule has 1 aromatic carbocycles. The molecule has 3 bridgehead atoms. The number of ether oxygens (including phenoxy) is 6. The molecule has 4 aliphatic heterocycles. The highest BCUT2D eigenvalue weighted by Gasteiger charge is 2.92. The van der Waals surface area contributed by atoms with Gasteiger partial charge in [0.05, 0.1) is 17.8 Å². The van der Waals surface area contributed by atoms with Crippen molar-refractivity contribution in [2.24, 2.45) is 35.5 Å². The van der Waals surface area contributed by atoms with E-state index in [1.165, 1.54) is 6.92 Å². The summed E-state index contributed by atoms with van der Waals surface area (Å²) < 4.78 is 40.5. The topological polar surface area (TPSA) is 154 Å². The molecule has 11 nitrogen and oxygen atoms in total. The van der Waals surface area contributed by atoms with Crippen molar-refractivity contribution >= 4 is 11.9 Å². The van der Waals surface area contributed by atoms with Crippen molar-refractivity contribution in [3.8, 4) is 0 Å². The Morgan fingerprint density at radius 1 is 0.940 bits per heavy atom. The van der Waals surface area contributed by atoms with Gasteiger partial charge in [0.1, 0.15) is 41.7 Å². The Balaban J connectivity index is 1.40. The van der Waals surface area contributed by atoms with Gasteiger partial charge in [-0.25, -0.2) is 4.79 Å². The summed E-state index contributed by atoms with van der Waals surface area (Å²) in [5.74, 6) is -5.72. The lowest BCUT2D eigenvalue weighted by atomic mass is 9.50. The first-order valence-corrected chi connectivity index (χ1v) is 18.6. The first kappa shape index (κ1) is 34.7. The Morgan fingerprint density at radius 3 is 2.32 bits per heavy atom. The summed E-state index contributed by atoms with van der Waals surface area (Å²) in [7, 11) is 0. The zero-order chi connectivity index (χ0) is 35.6. The van der Waals surface area contributed by atoms with Gasteiger partial charge in [0, 0.05) is 31.1 Å². The van der Waals surface area contributed by atoms with Crippen molar-refractivity contribution in [1.82, 2.24) is 0 Å². The molecular weight excluding hydrogens is 644 g/mol. The van der Waals surface area contributed by atoms with E-state index >= 15 is 0 Å². The van der Waals surface area contributed by atoms with Gasteiger partial charge in [-0.1, -0.05) is 77.7 Å². The van der Waals surface area contributed by atoms with Crippen LogP contribution in [0.5, 0.6) is 0 Å². The van der Waals surface area contributed by atoms with Crippen LogP contribution in [0.2, 0.25) is 0 Å². The number of esters is 2. The number of epoxide rings is 1. The molecule has 0 amide bonds. The van der Waals surface area contributed by atoms with Crippen LogP contribution in [0.25, 0.3) is 0 Å². The lowest BCUT2D eigenvalue weighted by molar-refractivity contribution is -0.439. The maximum atomic E-state index is 13.9. The third-order valence-electron chi connectivity index (χ3n) is 14.0. The highest BCUT2D eigenvalue weighted by molar-refractivity contribution is 5.89. The standard InChI is InChI=1S/C39H52O11/c1-20(2)38-30(45-24(6)41)23(5)39-27-31-35(19-40,47-31)34(43)37(44)28(39)26(22(4)29(37)46-33(42)25-16-12-10-13-17-25)21(3)15-11-8-7-9-14-18-36(49-38,50-39)48-32(27)38/h10,12-13,16-17,21-23,26-32,34,40,43-44H,1,7-9,11,14-15,18-19H2,2-6H3/t21-,22+,23-,26?,27+,28?,29+,30-,31+,32+,34-,35+,36?,37-,38+,39-/m1/s1. The van der Waals surface area contributed by atoms with E-state index in [0.29, 0.717) is 17.6 Å². The summed E-state index contributed by atoms with van der Waals surface area (Å²) in [4.78, 5) is 26.8. The van der Waals surface area contributed by atoms with Crippen LogP contribution in [0, 0.1) is 35.5 Å². The van der Waals surface area contributed by atoms with Crippen LogP contribution in [-0.2, 0) is 33.2 Å². The van der Waals surface area contributed by atoms with Crippen molar-refractivity contribution in [3.63, 3.8) is 0 Å². The van der Waals surface area contributed by atoms with Gasteiger partial charge in [0.2, 0.25) is 0 Å². The number of carbonyl (C=O) groups excluding carboxylic acids is 2. The minimum atomic E-state index is -2.16. The summed E-state index contributed by atoms with van der Waals surface area (Å²) in [5, 5.41) is 37.4. The molecule has 274 valence electrons. The van der Waals surface area contributed by atoms with Crippen LogP contribution >= 0.6 is 0 Å². The molecule has 3 saturated carbocycles. The maximum Gasteiger partial charge on any atom is 0.338 e. The van der Waals surface area contributed by atoms with Gasteiger partial charge in [-0.2, -0.15) is 0 Å². The van der Waals surface area contributed by atoms with Crippen molar-refractivity contribution in [1.29, 1.82) is 0 Å². The number of aliphatic hydroxyl groups is 3. The van der Waals surface area contributed by atoms with E-state index in [0.717, 1.165) is 38.5 Å². The first-order valence-electron chi connectivity index (χ1n) is 18.6. The van der Waals surface area contributed by atoms with Crippen LogP contribution in [0.4, 0.5) is 0 Å². The SMILES string of the molecule is C=C(C)[C@@]12OC34CCCCCCC[C@@H](C)C5C6[C@](O)([C@H](O)[C@@]7(CO)O[C@H]7[C@@H]([C@@H]1O3)[C@]6(O4)[C@H](C)[C@H]2OC(C)=O)[C@@H](OC(=O)c1ccccc1)[C@H]5C. The summed E-state index contributed by atoms with van der Waals surface area (Å²) in [6.07, 6.45) is 0.510. The van der Waals surface area contributed by atoms with E-state index in [1.54, 1.807) is 30.3 Å². The molecule has 0 aromatic heterocycles. The van der Waals surface area contributed by atoms with E-state index in [2.05, 4.69) is 13.5 Å². The van der Waals surface area contributed by atoms with Crippen LogP contribution in [-0.4, -0.2) is 92.8 Å². The van der Waals surface area contributed by atoms with Crippen molar-refractivity contribution in [2.75, 3.05) is 6.61 Å². The third-order valence-corrected chi connectivity index (χ3v) is 14.0. The first-order chi connectivity index (χ1) is 23.7. The predicted octanol–water partition coefficient (Wildman–Crippen LogP) is 4.06. The van der Waals surface area contributed by atoms with Crippen LogP contribution in [0.3, 0.4) is 0 Å². The highest BCUT2D eigenvalue weighted by atomic mass is 16.9. The third kappa shape index (κ3) is 4.28. The predicted molar refractivity (Wildman–Crippen MR) is 177 cm³/mol. The number of fused-ring (bicyclic) bond motifs is 1. The van der Waals surface area contributed by atoms with Crippen LogP contribution < -0.4 is 0 Å². The number of aliphatic hydroxyl groups excluding tert-OH is 2. The molecule has 2 spiro atoms. The molecule has 7 aliphatic rings. The van der Waals surface area contributed by atoms with E-state index in [4.69, 9.17) is 28.4 Å². The van der Waals surface area contributed by atoms with Gasteiger partial charge in [-0.3, -0.25) is 4.79 Å². The van der Waals surface area contributed by atoms with Gasteiger partial charge in [-0.05, 0) is 48.8 Å². The smallest absolute Gasteiger partial charge is 0.338 e. The van der Waals surface area contributed by atoms with Gasteiger partial charge in [0.25, 0.3) is 5.97 Å². The zero-order valence-corrected chi connectivity index (χ0v) is 29.7. The van der Waals surface area contributed by atoms with Gasteiger partial charge >= 0.3 is 11.9 Å². The normalized spacial score (nSPS) is 51.6. The summed E-state index contributed by atoms with van der Waals surface area (Å²) in [5.41, 5.74) is -5.58. The average Bonchev–Trinajstić information content (AvgIpc) is 3.71. The molecule has 4 heterocycles. The molecule has 50 heavy (non-hydrogen) atoms. The fourth-order valence-electron chi connectivity index (χ4n) is 12.0. The molecule has 4 saturated heterocycles. The van der Waals surface area contributed by atoms with Gasteiger partial charge < -0.3 is 43.7 Å². The molecule has 0 radical (unpaired) electrons. The Morgan fingerprint density at radius 2 is 1.64 bits per heavy atom. The molecule has 11 heteroatoms. The maximum absolute atomic E-state index is 13.9. The molecule has 3 N–H and O–H groups in total. The second-order valence-corrected chi connectivity index (χ2v) is 16.5. The highest BCUT2D eigenvalue weighted by Crippen LogP contribution is 2.76. The molecule has 3 aliphatic carbocycles. The Bertz CT molecular complexity index is 1550. The second-order valence-electron chi connectivity index (χ2n) is 16.5. The molecule has 7 fully saturated rings. The Hall–Kier alpha value is -2.38. The minimum Gasteiger partial charge on any atom is -0.459 e. The largest absolute Gasteiger partial charge is 0.459 e. The van der Waals surface area contributed by atoms with E-state index in [1.807, 2.05) is 20.8 Å². The number of benzene rings is 1. The number of hydrogen-bond acceptors (Lipinski definition) is 11.